The summed E-state index contributed by atoms with van der Waals surface area (Å²) in [5.41, 5.74) is 7.82. The second-order valence-electron chi connectivity index (χ2n) is 4.50. The zero-order chi connectivity index (χ0) is 13.9. The van der Waals surface area contributed by atoms with Gasteiger partial charge in [-0.3, -0.25) is 0 Å². The standard InChI is InChI=1S/C14H14FN5/c15-11-5-3-10(4-6-11)12-7-8-14-18-17-13(2-1-9-16)20(14)19-12/h3-8H,1-2,9,16H2. The van der Waals surface area contributed by atoms with E-state index in [0.717, 1.165) is 29.9 Å². The van der Waals surface area contributed by atoms with Crippen molar-refractivity contribution in [1.29, 1.82) is 0 Å². The van der Waals surface area contributed by atoms with Gasteiger partial charge in [0, 0.05) is 12.0 Å². The number of hydrogen-bond acceptors (Lipinski definition) is 4. The maximum absolute atomic E-state index is 13.0. The van der Waals surface area contributed by atoms with Crippen LogP contribution in [0.5, 0.6) is 0 Å². The average Bonchev–Trinajstić information content (AvgIpc) is 2.88. The van der Waals surface area contributed by atoms with E-state index < -0.39 is 0 Å². The SMILES string of the molecule is NCCCc1nnc2ccc(-c3ccc(F)cc3)nn12. The molecule has 0 atom stereocenters. The first-order valence-electron chi connectivity index (χ1n) is 6.45. The minimum absolute atomic E-state index is 0.261. The summed E-state index contributed by atoms with van der Waals surface area (Å²) in [6.07, 6.45) is 1.57. The van der Waals surface area contributed by atoms with Crippen molar-refractivity contribution in [2.45, 2.75) is 12.8 Å². The molecule has 0 fully saturated rings. The highest BCUT2D eigenvalue weighted by Gasteiger charge is 2.08. The molecule has 0 aliphatic rings. The maximum Gasteiger partial charge on any atom is 0.177 e. The molecule has 0 amide bonds. The van der Waals surface area contributed by atoms with Gasteiger partial charge in [-0.05, 0) is 49.4 Å². The molecule has 0 bridgehead atoms. The van der Waals surface area contributed by atoms with Crippen LogP contribution in [0.2, 0.25) is 0 Å². The summed E-state index contributed by atoms with van der Waals surface area (Å²) in [7, 11) is 0. The number of hydrogen-bond donors (Lipinski definition) is 1. The topological polar surface area (TPSA) is 69.1 Å². The van der Waals surface area contributed by atoms with Gasteiger partial charge in [0.25, 0.3) is 0 Å². The molecule has 3 rings (SSSR count). The molecular weight excluding hydrogens is 257 g/mol. The summed E-state index contributed by atoms with van der Waals surface area (Å²) in [6, 6.07) is 9.95. The Morgan fingerprint density at radius 2 is 1.85 bits per heavy atom. The van der Waals surface area contributed by atoms with Crippen LogP contribution in [0.25, 0.3) is 16.9 Å². The lowest BCUT2D eigenvalue weighted by Gasteiger charge is -2.03. The molecule has 2 aromatic heterocycles. The number of rotatable bonds is 4. The number of nitrogens with zero attached hydrogens (tertiary/aromatic N) is 4. The molecule has 5 nitrogen and oxygen atoms in total. The van der Waals surface area contributed by atoms with Crippen molar-refractivity contribution >= 4 is 5.65 Å². The van der Waals surface area contributed by atoms with E-state index in [4.69, 9.17) is 5.73 Å². The lowest BCUT2D eigenvalue weighted by atomic mass is 10.1. The van der Waals surface area contributed by atoms with Crippen LogP contribution in [-0.2, 0) is 6.42 Å². The van der Waals surface area contributed by atoms with E-state index in [9.17, 15) is 4.39 Å². The lowest BCUT2D eigenvalue weighted by molar-refractivity contribution is 0.628. The van der Waals surface area contributed by atoms with E-state index in [0.29, 0.717) is 12.2 Å². The van der Waals surface area contributed by atoms with Gasteiger partial charge < -0.3 is 5.73 Å². The van der Waals surface area contributed by atoms with Gasteiger partial charge in [0.15, 0.2) is 11.5 Å². The van der Waals surface area contributed by atoms with Crippen molar-refractivity contribution in [3.63, 3.8) is 0 Å². The van der Waals surface area contributed by atoms with E-state index in [1.54, 1.807) is 16.6 Å². The number of halogens is 1. The van der Waals surface area contributed by atoms with Gasteiger partial charge in [-0.1, -0.05) is 0 Å². The maximum atomic E-state index is 13.0. The van der Waals surface area contributed by atoms with Crippen molar-refractivity contribution in [1.82, 2.24) is 19.8 Å². The molecule has 0 saturated heterocycles. The van der Waals surface area contributed by atoms with Crippen molar-refractivity contribution in [2.24, 2.45) is 5.73 Å². The van der Waals surface area contributed by atoms with Gasteiger partial charge >= 0.3 is 0 Å². The van der Waals surface area contributed by atoms with Crippen molar-refractivity contribution in [2.75, 3.05) is 6.54 Å². The monoisotopic (exact) mass is 271 g/mol. The third-order valence-electron chi connectivity index (χ3n) is 3.07. The average molecular weight is 271 g/mol. The van der Waals surface area contributed by atoms with Crippen LogP contribution in [0.15, 0.2) is 36.4 Å². The number of aryl methyl sites for hydroxylation is 1. The van der Waals surface area contributed by atoms with Crippen molar-refractivity contribution in [3.05, 3.63) is 48.0 Å². The van der Waals surface area contributed by atoms with Crippen molar-refractivity contribution in [3.8, 4) is 11.3 Å². The van der Waals surface area contributed by atoms with E-state index in [2.05, 4.69) is 15.3 Å². The van der Waals surface area contributed by atoms with Crippen LogP contribution in [0.4, 0.5) is 4.39 Å². The Balaban J connectivity index is 2.02. The highest BCUT2D eigenvalue weighted by Crippen LogP contribution is 2.18. The quantitative estimate of drug-likeness (QED) is 0.786. The van der Waals surface area contributed by atoms with E-state index in [1.165, 1.54) is 12.1 Å². The first-order valence-corrected chi connectivity index (χ1v) is 6.45. The third kappa shape index (κ3) is 2.37. The minimum Gasteiger partial charge on any atom is -0.330 e. The Kier molecular flexibility index (Phi) is 3.39. The molecule has 0 saturated carbocycles. The largest absolute Gasteiger partial charge is 0.330 e. The normalized spacial score (nSPS) is 11.1. The molecule has 0 aliphatic carbocycles. The zero-order valence-corrected chi connectivity index (χ0v) is 10.8. The summed E-state index contributed by atoms with van der Waals surface area (Å²) >= 11 is 0. The Hall–Kier alpha value is -2.34. The van der Waals surface area contributed by atoms with Crippen LogP contribution < -0.4 is 5.73 Å². The molecule has 0 spiro atoms. The summed E-state index contributed by atoms with van der Waals surface area (Å²) in [5, 5.41) is 12.7. The summed E-state index contributed by atoms with van der Waals surface area (Å²) < 4.78 is 14.7. The fourth-order valence-electron chi connectivity index (χ4n) is 2.02. The highest BCUT2D eigenvalue weighted by atomic mass is 19.1. The summed E-state index contributed by atoms with van der Waals surface area (Å²) in [5.74, 6) is 0.525. The highest BCUT2D eigenvalue weighted by molar-refractivity contribution is 5.60. The Labute approximate surface area is 115 Å². The van der Waals surface area contributed by atoms with E-state index in [1.807, 2.05) is 12.1 Å². The number of benzene rings is 1. The molecule has 2 N–H and O–H groups in total. The van der Waals surface area contributed by atoms with Crippen LogP contribution in [-0.4, -0.2) is 26.4 Å². The zero-order valence-electron chi connectivity index (χ0n) is 10.8. The molecule has 2 heterocycles. The fraction of sp³-hybridized carbons (Fsp3) is 0.214. The van der Waals surface area contributed by atoms with Crippen LogP contribution in [0, 0.1) is 5.82 Å². The molecule has 1 aromatic carbocycles. The van der Waals surface area contributed by atoms with E-state index in [-0.39, 0.29) is 5.82 Å². The molecule has 0 radical (unpaired) electrons. The second-order valence-corrected chi connectivity index (χ2v) is 4.50. The predicted octanol–water partition coefficient (Wildman–Crippen LogP) is 1.82. The fourth-order valence-corrected chi connectivity index (χ4v) is 2.02. The van der Waals surface area contributed by atoms with Gasteiger partial charge in [0.2, 0.25) is 0 Å². The number of nitrogens with two attached hydrogens (primary N) is 1. The molecule has 6 heteroatoms. The molecule has 0 unspecified atom stereocenters. The van der Waals surface area contributed by atoms with E-state index >= 15 is 0 Å². The van der Waals surface area contributed by atoms with Gasteiger partial charge in [0.05, 0.1) is 5.69 Å². The Morgan fingerprint density at radius 3 is 2.60 bits per heavy atom. The van der Waals surface area contributed by atoms with Crippen molar-refractivity contribution < 1.29 is 4.39 Å². The Morgan fingerprint density at radius 1 is 1.05 bits per heavy atom. The third-order valence-corrected chi connectivity index (χ3v) is 3.07. The number of aromatic nitrogens is 4. The van der Waals surface area contributed by atoms with Gasteiger partial charge in [0.1, 0.15) is 5.82 Å². The smallest absolute Gasteiger partial charge is 0.177 e. The first-order chi connectivity index (χ1) is 9.78. The second kappa shape index (κ2) is 5.34. The van der Waals surface area contributed by atoms with Crippen LogP contribution in [0.1, 0.15) is 12.2 Å². The summed E-state index contributed by atoms with van der Waals surface area (Å²) in [6.45, 7) is 0.604. The molecule has 3 aromatic rings. The molecule has 20 heavy (non-hydrogen) atoms. The Bertz CT molecular complexity index is 720. The minimum atomic E-state index is -0.261. The molecule has 0 aliphatic heterocycles. The van der Waals surface area contributed by atoms with Crippen LogP contribution in [0.3, 0.4) is 0 Å². The van der Waals surface area contributed by atoms with Gasteiger partial charge in [-0.2, -0.15) is 9.61 Å². The summed E-state index contributed by atoms with van der Waals surface area (Å²) in [4.78, 5) is 0. The van der Waals surface area contributed by atoms with Gasteiger partial charge in [-0.15, -0.1) is 10.2 Å². The predicted molar refractivity (Wildman–Crippen MR) is 73.6 cm³/mol. The van der Waals surface area contributed by atoms with Crippen LogP contribution >= 0.6 is 0 Å². The first kappa shape index (κ1) is 12.7. The lowest BCUT2D eigenvalue weighted by Crippen LogP contribution is -2.05. The molecule has 102 valence electrons. The van der Waals surface area contributed by atoms with Gasteiger partial charge in [-0.25, -0.2) is 4.39 Å². The molecular formula is C14H14FN5. The number of fused-ring (bicyclic) bond motifs is 1.